The van der Waals surface area contributed by atoms with E-state index in [1.165, 1.54) is 46.3 Å². The van der Waals surface area contributed by atoms with Gasteiger partial charge in [-0.1, -0.05) is 54.2 Å². The predicted octanol–water partition coefficient (Wildman–Crippen LogP) is 6.10. The summed E-state index contributed by atoms with van der Waals surface area (Å²) >= 11 is 0. The molecule has 1 heterocycles. The van der Waals surface area contributed by atoms with Crippen molar-refractivity contribution >= 4 is 17.7 Å². The van der Waals surface area contributed by atoms with Crippen LogP contribution in [-0.4, -0.2) is 13.1 Å². The molecule has 0 aliphatic carbocycles. The summed E-state index contributed by atoms with van der Waals surface area (Å²) in [6, 6.07) is 6.68. The van der Waals surface area contributed by atoms with Gasteiger partial charge in [0.15, 0.2) is 0 Å². The molecule has 0 bridgehead atoms. The van der Waals surface area contributed by atoms with Gasteiger partial charge < -0.3 is 5.32 Å². The molecule has 0 radical (unpaired) electrons. The molecule has 0 atom stereocenters. The summed E-state index contributed by atoms with van der Waals surface area (Å²) in [6.45, 7) is 15.0. The summed E-state index contributed by atoms with van der Waals surface area (Å²) in [5.41, 5.74) is 7.87. The lowest BCUT2D eigenvalue weighted by atomic mass is 9.88. The van der Waals surface area contributed by atoms with Crippen LogP contribution in [-0.2, 0) is 0 Å². The van der Waals surface area contributed by atoms with Crippen molar-refractivity contribution in [1.29, 1.82) is 0 Å². The van der Waals surface area contributed by atoms with E-state index in [1.54, 1.807) is 0 Å². The van der Waals surface area contributed by atoms with Crippen LogP contribution in [0.15, 0.2) is 48.1 Å². The van der Waals surface area contributed by atoms with Crippen LogP contribution in [0.2, 0.25) is 0 Å². The van der Waals surface area contributed by atoms with E-state index >= 15 is 0 Å². The molecule has 1 aliphatic heterocycles. The van der Waals surface area contributed by atoms with Crippen LogP contribution < -0.4 is 5.32 Å². The highest BCUT2D eigenvalue weighted by Gasteiger charge is 2.14. The lowest BCUT2D eigenvalue weighted by Gasteiger charge is -2.23. The Hall–Kier alpha value is -1.86. The Morgan fingerprint density at radius 3 is 2.38 bits per heavy atom. The molecule has 128 valence electrons. The van der Waals surface area contributed by atoms with Gasteiger partial charge in [0.1, 0.15) is 0 Å². The number of hydrogen-bond acceptors (Lipinski definition) is 1. The minimum absolute atomic E-state index is 0.704. The monoisotopic (exact) mass is 321 g/mol. The Bertz CT molecular complexity index is 663. The maximum absolute atomic E-state index is 3.98. The van der Waals surface area contributed by atoms with E-state index in [1.807, 2.05) is 6.08 Å². The topological polar surface area (TPSA) is 12.0 Å². The average Bonchev–Trinajstić information content (AvgIpc) is 2.60. The Morgan fingerprint density at radius 1 is 1.04 bits per heavy atom. The van der Waals surface area contributed by atoms with Crippen LogP contribution in [0.3, 0.4) is 0 Å². The van der Waals surface area contributed by atoms with E-state index in [2.05, 4.69) is 76.0 Å². The molecule has 1 heteroatoms. The van der Waals surface area contributed by atoms with Crippen molar-refractivity contribution < 1.29 is 0 Å². The summed E-state index contributed by atoms with van der Waals surface area (Å²) in [7, 11) is 0. The van der Waals surface area contributed by atoms with Gasteiger partial charge in [0, 0.05) is 0 Å². The van der Waals surface area contributed by atoms with E-state index < -0.39 is 0 Å². The molecule has 1 aromatic rings. The molecule has 0 saturated carbocycles. The molecule has 1 saturated heterocycles. The molecule has 1 fully saturated rings. The Kier molecular flexibility index (Phi) is 6.81. The number of nitrogens with one attached hydrogen (secondary N) is 1. The first-order valence-corrected chi connectivity index (χ1v) is 8.99. The van der Waals surface area contributed by atoms with Crippen molar-refractivity contribution in [3.8, 4) is 0 Å². The molecule has 0 unspecified atom stereocenters. The fourth-order valence-corrected chi connectivity index (χ4v) is 3.16. The number of rotatable bonds is 5. The molecule has 2 rings (SSSR count). The first-order chi connectivity index (χ1) is 11.5. The number of allylic oxidation sites excluding steroid dienone is 5. The highest BCUT2D eigenvalue weighted by Crippen LogP contribution is 2.26. The third-order valence-corrected chi connectivity index (χ3v) is 4.79. The second kappa shape index (κ2) is 8.84. The van der Waals surface area contributed by atoms with Crippen LogP contribution in [0.4, 0.5) is 0 Å². The second-order valence-corrected chi connectivity index (χ2v) is 7.05. The predicted molar refractivity (Wildman–Crippen MR) is 109 cm³/mol. The molecule has 1 nitrogen and oxygen atoms in total. The Morgan fingerprint density at radius 2 is 1.75 bits per heavy atom. The number of hydrogen-bond donors (Lipinski definition) is 1. The molecule has 0 amide bonds. The van der Waals surface area contributed by atoms with Gasteiger partial charge in [-0.25, -0.2) is 0 Å². The minimum Gasteiger partial charge on any atom is -0.317 e. The SMILES string of the molecule is C=Cc1ccc(/C(C)=C/C=C(C)C)cc1/C=C(\C)C1CCNCC1. The van der Waals surface area contributed by atoms with Gasteiger partial charge in [0.2, 0.25) is 0 Å². The minimum atomic E-state index is 0.704. The van der Waals surface area contributed by atoms with Crippen molar-refractivity contribution in [2.75, 3.05) is 13.1 Å². The Balaban J connectivity index is 2.33. The normalized spacial score (nSPS) is 16.8. The first-order valence-electron chi connectivity index (χ1n) is 8.99. The maximum Gasteiger partial charge on any atom is -0.00432 e. The van der Waals surface area contributed by atoms with E-state index in [-0.39, 0.29) is 0 Å². The molecule has 0 spiro atoms. The van der Waals surface area contributed by atoms with Crippen molar-refractivity contribution in [1.82, 2.24) is 5.32 Å². The van der Waals surface area contributed by atoms with Gasteiger partial charge in [-0.15, -0.1) is 0 Å². The summed E-state index contributed by atoms with van der Waals surface area (Å²) in [5, 5.41) is 3.45. The van der Waals surface area contributed by atoms with Crippen molar-refractivity contribution in [2.45, 2.75) is 40.5 Å². The molecule has 0 aromatic heterocycles. The zero-order valence-electron chi connectivity index (χ0n) is 15.7. The third-order valence-electron chi connectivity index (χ3n) is 4.79. The van der Waals surface area contributed by atoms with Crippen LogP contribution in [0.25, 0.3) is 17.7 Å². The largest absolute Gasteiger partial charge is 0.317 e. The van der Waals surface area contributed by atoms with Crippen LogP contribution in [0.1, 0.15) is 57.2 Å². The number of benzene rings is 1. The van der Waals surface area contributed by atoms with Crippen molar-refractivity contribution in [3.05, 3.63) is 64.8 Å². The maximum atomic E-state index is 3.98. The highest BCUT2D eigenvalue weighted by molar-refractivity contribution is 5.73. The molecular formula is C23H31N. The standard InChI is InChI=1S/C23H31N/c1-6-20-9-10-22(18(4)8-7-17(2)3)16-23(20)15-19(5)21-11-13-24-14-12-21/h6-10,15-16,21,24H,1,11-14H2,2-5H3/b18-8+,19-15+. The van der Waals surface area contributed by atoms with Gasteiger partial charge in [-0.3, -0.25) is 0 Å². The van der Waals surface area contributed by atoms with Gasteiger partial charge in [0.05, 0.1) is 0 Å². The zero-order chi connectivity index (χ0) is 17.5. The number of piperidine rings is 1. The van der Waals surface area contributed by atoms with E-state index in [9.17, 15) is 0 Å². The fraction of sp³-hybridized carbons (Fsp3) is 0.391. The second-order valence-electron chi connectivity index (χ2n) is 7.05. The third kappa shape index (κ3) is 5.07. The van der Waals surface area contributed by atoms with Gasteiger partial charge in [-0.2, -0.15) is 0 Å². The summed E-state index contributed by atoms with van der Waals surface area (Å²) in [5.74, 6) is 0.704. The van der Waals surface area contributed by atoms with Gasteiger partial charge in [0.25, 0.3) is 0 Å². The van der Waals surface area contributed by atoms with E-state index in [4.69, 9.17) is 0 Å². The zero-order valence-corrected chi connectivity index (χ0v) is 15.7. The van der Waals surface area contributed by atoms with Gasteiger partial charge in [-0.05, 0) is 87.9 Å². The van der Waals surface area contributed by atoms with Crippen LogP contribution in [0, 0.1) is 5.92 Å². The highest BCUT2D eigenvalue weighted by atomic mass is 14.9. The Labute approximate surface area is 147 Å². The molecule has 1 aromatic carbocycles. The summed E-state index contributed by atoms with van der Waals surface area (Å²) in [4.78, 5) is 0. The van der Waals surface area contributed by atoms with E-state index in [0.717, 1.165) is 13.1 Å². The first kappa shape index (κ1) is 18.5. The lowest BCUT2D eigenvalue weighted by Crippen LogP contribution is -2.28. The molecule has 1 N–H and O–H groups in total. The van der Waals surface area contributed by atoms with E-state index in [0.29, 0.717) is 5.92 Å². The molecule has 24 heavy (non-hydrogen) atoms. The average molecular weight is 322 g/mol. The fourth-order valence-electron chi connectivity index (χ4n) is 3.16. The smallest absolute Gasteiger partial charge is 0.00432 e. The molecular weight excluding hydrogens is 290 g/mol. The quantitative estimate of drug-likeness (QED) is 0.646. The molecule has 1 aliphatic rings. The summed E-state index contributed by atoms with van der Waals surface area (Å²) in [6.07, 6.45) is 11.2. The lowest BCUT2D eigenvalue weighted by molar-refractivity contribution is 0.421. The van der Waals surface area contributed by atoms with Gasteiger partial charge >= 0.3 is 0 Å². The van der Waals surface area contributed by atoms with Crippen molar-refractivity contribution in [3.63, 3.8) is 0 Å². The van der Waals surface area contributed by atoms with Crippen molar-refractivity contribution in [2.24, 2.45) is 5.92 Å². The van der Waals surface area contributed by atoms with Crippen LogP contribution in [0.5, 0.6) is 0 Å². The summed E-state index contributed by atoms with van der Waals surface area (Å²) < 4.78 is 0. The van der Waals surface area contributed by atoms with Crippen LogP contribution >= 0.6 is 0 Å².